The molecule has 29 heavy (non-hydrogen) atoms. The Morgan fingerprint density at radius 3 is 2.72 bits per heavy atom. The number of thiophene rings is 1. The first kappa shape index (κ1) is 21.3. The van der Waals surface area contributed by atoms with Crippen molar-refractivity contribution in [2.75, 3.05) is 50.0 Å². The summed E-state index contributed by atoms with van der Waals surface area (Å²) in [5, 5.41) is 11.4. The molecule has 1 fully saturated rings. The van der Waals surface area contributed by atoms with Gasteiger partial charge >= 0.3 is 0 Å². The standard InChI is InChI=1S/C21H32N4O2S2/c1-4-5-12-28-20-22-18(25-8-6-24(7-9-25)10-11-26)17-15-13-21(2,3)27-14-16(15)29-19(17)23-20/h26H,4-14H2,1-3H3. The van der Waals surface area contributed by atoms with E-state index in [4.69, 9.17) is 14.7 Å². The van der Waals surface area contributed by atoms with E-state index in [0.29, 0.717) is 6.61 Å². The SMILES string of the molecule is CCCCSc1nc(N2CCN(CCO)CC2)c2c3c(sc2n1)COC(C)(C)C3. The van der Waals surface area contributed by atoms with Crippen molar-refractivity contribution in [3.8, 4) is 0 Å². The predicted molar refractivity (Wildman–Crippen MR) is 121 cm³/mol. The van der Waals surface area contributed by atoms with E-state index in [1.807, 2.05) is 0 Å². The molecule has 2 aromatic rings. The molecule has 160 valence electrons. The van der Waals surface area contributed by atoms with Gasteiger partial charge in [0, 0.05) is 49.8 Å². The third kappa shape index (κ3) is 4.71. The number of hydrogen-bond donors (Lipinski definition) is 1. The molecule has 6 nitrogen and oxygen atoms in total. The summed E-state index contributed by atoms with van der Waals surface area (Å²) in [6, 6.07) is 0. The first-order chi connectivity index (χ1) is 14.0. The molecule has 1 N–H and O–H groups in total. The van der Waals surface area contributed by atoms with Gasteiger partial charge < -0.3 is 14.7 Å². The van der Waals surface area contributed by atoms with Crippen LogP contribution >= 0.6 is 23.1 Å². The molecule has 0 saturated carbocycles. The predicted octanol–water partition coefficient (Wildman–Crippen LogP) is 3.55. The van der Waals surface area contributed by atoms with Crippen LogP contribution in [0.5, 0.6) is 0 Å². The smallest absolute Gasteiger partial charge is 0.190 e. The van der Waals surface area contributed by atoms with Crippen molar-refractivity contribution < 1.29 is 9.84 Å². The van der Waals surface area contributed by atoms with Crippen molar-refractivity contribution in [3.05, 3.63) is 10.4 Å². The fraction of sp³-hybridized carbons (Fsp3) is 0.714. The summed E-state index contributed by atoms with van der Waals surface area (Å²) in [6.07, 6.45) is 3.28. The topological polar surface area (TPSA) is 61.7 Å². The van der Waals surface area contributed by atoms with Gasteiger partial charge in [0.15, 0.2) is 5.16 Å². The second kappa shape index (κ2) is 9.06. The maximum atomic E-state index is 9.25. The molecule has 4 heterocycles. The average Bonchev–Trinajstić information content (AvgIpc) is 3.05. The van der Waals surface area contributed by atoms with Gasteiger partial charge in [0.05, 0.1) is 24.2 Å². The second-order valence-corrected chi connectivity index (χ2v) is 10.6. The molecule has 2 aliphatic heterocycles. The number of anilines is 1. The molecule has 1 saturated heterocycles. The number of rotatable bonds is 7. The molecular weight excluding hydrogens is 404 g/mol. The number of aliphatic hydroxyl groups is 1. The summed E-state index contributed by atoms with van der Waals surface area (Å²) < 4.78 is 6.07. The lowest BCUT2D eigenvalue weighted by Gasteiger charge is -2.36. The molecule has 2 aromatic heterocycles. The highest BCUT2D eigenvalue weighted by Crippen LogP contribution is 2.42. The van der Waals surface area contributed by atoms with Crippen LogP contribution in [0.4, 0.5) is 5.82 Å². The number of unbranched alkanes of at least 4 members (excludes halogenated alkanes) is 1. The highest BCUT2D eigenvalue weighted by atomic mass is 32.2. The summed E-state index contributed by atoms with van der Waals surface area (Å²) in [5.41, 5.74) is 1.24. The maximum Gasteiger partial charge on any atom is 0.190 e. The van der Waals surface area contributed by atoms with Crippen molar-refractivity contribution in [1.29, 1.82) is 0 Å². The highest BCUT2D eigenvalue weighted by Gasteiger charge is 2.32. The molecule has 8 heteroatoms. The lowest BCUT2D eigenvalue weighted by atomic mass is 9.94. The van der Waals surface area contributed by atoms with Gasteiger partial charge in [0.1, 0.15) is 10.6 Å². The molecule has 0 unspecified atom stereocenters. The number of piperazine rings is 1. The van der Waals surface area contributed by atoms with Gasteiger partial charge in [-0.05, 0) is 25.8 Å². The van der Waals surface area contributed by atoms with Gasteiger partial charge in [-0.15, -0.1) is 11.3 Å². The average molecular weight is 437 g/mol. The minimum Gasteiger partial charge on any atom is -0.395 e. The summed E-state index contributed by atoms with van der Waals surface area (Å²) >= 11 is 3.56. The summed E-state index contributed by atoms with van der Waals surface area (Å²) in [7, 11) is 0. The van der Waals surface area contributed by atoms with Crippen molar-refractivity contribution in [2.45, 2.75) is 57.4 Å². The van der Waals surface area contributed by atoms with Gasteiger partial charge in [-0.1, -0.05) is 25.1 Å². The molecule has 4 rings (SSSR count). The number of hydrogen-bond acceptors (Lipinski definition) is 8. The molecular formula is C21H32N4O2S2. The number of nitrogens with zero attached hydrogens (tertiary/aromatic N) is 4. The van der Waals surface area contributed by atoms with Crippen LogP contribution in [-0.4, -0.2) is 70.7 Å². The normalized spacial score (nSPS) is 19.7. The van der Waals surface area contributed by atoms with Crippen LogP contribution in [0.1, 0.15) is 44.1 Å². The largest absolute Gasteiger partial charge is 0.395 e. The number of fused-ring (bicyclic) bond motifs is 3. The molecule has 0 bridgehead atoms. The Labute approximate surface area is 181 Å². The van der Waals surface area contributed by atoms with Crippen LogP contribution in [0, 0.1) is 0 Å². The van der Waals surface area contributed by atoms with Crippen molar-refractivity contribution >= 4 is 39.1 Å². The minimum atomic E-state index is -0.146. The monoisotopic (exact) mass is 436 g/mol. The molecule has 2 aliphatic rings. The van der Waals surface area contributed by atoms with Gasteiger partial charge in [-0.25, -0.2) is 9.97 Å². The van der Waals surface area contributed by atoms with Gasteiger partial charge in [-0.2, -0.15) is 0 Å². The van der Waals surface area contributed by atoms with Crippen LogP contribution in [0.2, 0.25) is 0 Å². The van der Waals surface area contributed by atoms with Crippen molar-refractivity contribution in [1.82, 2.24) is 14.9 Å². The van der Waals surface area contributed by atoms with Crippen LogP contribution in [0.25, 0.3) is 10.2 Å². The Morgan fingerprint density at radius 1 is 1.21 bits per heavy atom. The number of aromatic nitrogens is 2. The lowest BCUT2D eigenvalue weighted by molar-refractivity contribution is -0.0379. The van der Waals surface area contributed by atoms with Crippen LogP contribution in [-0.2, 0) is 17.8 Å². The Hall–Kier alpha value is -0.930. The summed E-state index contributed by atoms with van der Waals surface area (Å²) in [5.74, 6) is 2.17. The first-order valence-electron chi connectivity index (χ1n) is 10.7. The third-order valence-electron chi connectivity index (χ3n) is 5.71. The lowest BCUT2D eigenvalue weighted by Crippen LogP contribution is -2.47. The number of thioether (sulfide) groups is 1. The van der Waals surface area contributed by atoms with Gasteiger partial charge in [-0.3, -0.25) is 4.90 Å². The highest BCUT2D eigenvalue weighted by molar-refractivity contribution is 7.99. The Balaban J connectivity index is 1.70. The van der Waals surface area contributed by atoms with E-state index in [1.165, 1.54) is 28.7 Å². The van der Waals surface area contributed by atoms with Crippen molar-refractivity contribution in [3.63, 3.8) is 0 Å². The van der Waals surface area contributed by atoms with E-state index >= 15 is 0 Å². The van der Waals surface area contributed by atoms with Crippen LogP contribution in [0.3, 0.4) is 0 Å². The van der Waals surface area contributed by atoms with E-state index in [0.717, 1.165) is 60.7 Å². The molecule has 0 aliphatic carbocycles. The summed E-state index contributed by atoms with van der Waals surface area (Å²) in [6.45, 7) is 12.0. The van der Waals surface area contributed by atoms with Crippen LogP contribution in [0.15, 0.2) is 5.16 Å². The van der Waals surface area contributed by atoms with Crippen LogP contribution < -0.4 is 4.90 Å². The zero-order valence-electron chi connectivity index (χ0n) is 17.7. The first-order valence-corrected chi connectivity index (χ1v) is 12.5. The second-order valence-electron chi connectivity index (χ2n) is 8.49. The molecule has 0 spiro atoms. The van der Waals surface area contributed by atoms with E-state index in [2.05, 4.69) is 30.6 Å². The van der Waals surface area contributed by atoms with E-state index in [9.17, 15) is 5.11 Å². The zero-order chi connectivity index (χ0) is 20.4. The zero-order valence-corrected chi connectivity index (χ0v) is 19.4. The Bertz CT molecular complexity index is 847. The molecule has 0 atom stereocenters. The van der Waals surface area contributed by atoms with Gasteiger partial charge in [0.2, 0.25) is 0 Å². The van der Waals surface area contributed by atoms with E-state index in [-0.39, 0.29) is 12.2 Å². The summed E-state index contributed by atoms with van der Waals surface area (Å²) in [4.78, 5) is 17.2. The number of aliphatic hydroxyl groups excluding tert-OH is 1. The number of β-amino-alcohol motifs (C(OH)–C–C–N with tert-alkyl or cyclic N) is 1. The molecule has 0 aromatic carbocycles. The van der Waals surface area contributed by atoms with Gasteiger partial charge in [0.25, 0.3) is 0 Å². The minimum absolute atomic E-state index is 0.146. The molecule has 0 radical (unpaired) electrons. The quantitative estimate of drug-likeness (QED) is 0.405. The number of ether oxygens (including phenoxy) is 1. The fourth-order valence-electron chi connectivity index (χ4n) is 4.03. The van der Waals surface area contributed by atoms with E-state index in [1.54, 1.807) is 23.1 Å². The Morgan fingerprint density at radius 2 is 2.00 bits per heavy atom. The Kier molecular flexibility index (Phi) is 6.65. The van der Waals surface area contributed by atoms with E-state index < -0.39 is 0 Å². The fourth-order valence-corrected chi connectivity index (χ4v) is 6.11. The maximum absolute atomic E-state index is 9.25. The van der Waals surface area contributed by atoms with Crippen molar-refractivity contribution in [2.24, 2.45) is 0 Å². The molecule has 0 amide bonds. The third-order valence-corrected chi connectivity index (χ3v) is 7.74.